The molecule has 0 saturated heterocycles. The van der Waals surface area contributed by atoms with Crippen molar-refractivity contribution in [1.82, 2.24) is 9.78 Å². The number of benzene rings is 3. The van der Waals surface area contributed by atoms with E-state index >= 15 is 0 Å². The fraction of sp³-hybridized carbons (Fsp3) is 0.115. The Kier molecular flexibility index (Phi) is 7.12. The molecule has 0 aliphatic carbocycles. The maximum atomic E-state index is 13.7. The largest absolute Gasteiger partial charge is 0.489 e. The zero-order valence-corrected chi connectivity index (χ0v) is 19.6. The number of carbonyl (C=O) groups is 2. The summed E-state index contributed by atoms with van der Waals surface area (Å²) in [5, 5.41) is 4.59. The molecule has 0 radical (unpaired) electrons. The lowest BCUT2D eigenvalue weighted by Crippen LogP contribution is -2.15. The van der Waals surface area contributed by atoms with Gasteiger partial charge in [0, 0.05) is 5.56 Å². The van der Waals surface area contributed by atoms with Crippen molar-refractivity contribution in [3.05, 3.63) is 100 Å². The molecule has 4 rings (SSSR count). The van der Waals surface area contributed by atoms with Crippen LogP contribution in [0.1, 0.15) is 26.4 Å². The maximum absolute atomic E-state index is 13.7. The summed E-state index contributed by atoms with van der Waals surface area (Å²) in [7, 11) is 2.45. The fourth-order valence-electron chi connectivity index (χ4n) is 3.46. The third-order valence-corrected chi connectivity index (χ3v) is 5.48. The molecule has 1 heterocycles. The molecule has 0 saturated carbocycles. The lowest BCUT2D eigenvalue weighted by molar-refractivity contribution is 0.0549. The van der Waals surface area contributed by atoms with Gasteiger partial charge in [0.05, 0.1) is 24.9 Å². The Balaban J connectivity index is 1.70. The first-order valence-corrected chi connectivity index (χ1v) is 10.8. The molecular formula is C26H20ClFN2O5. The van der Waals surface area contributed by atoms with Gasteiger partial charge in [-0.15, -0.1) is 0 Å². The second kappa shape index (κ2) is 10.4. The third kappa shape index (κ3) is 5.02. The zero-order valence-electron chi connectivity index (χ0n) is 18.8. The molecule has 35 heavy (non-hydrogen) atoms. The van der Waals surface area contributed by atoms with E-state index in [4.69, 9.17) is 25.8 Å². The van der Waals surface area contributed by atoms with Crippen LogP contribution >= 0.6 is 11.6 Å². The van der Waals surface area contributed by atoms with Crippen LogP contribution in [0.25, 0.3) is 16.9 Å². The van der Waals surface area contributed by atoms with Crippen molar-refractivity contribution in [3.63, 3.8) is 0 Å². The maximum Gasteiger partial charge on any atom is 0.357 e. The third-order valence-electron chi connectivity index (χ3n) is 5.17. The van der Waals surface area contributed by atoms with Crippen LogP contribution in [-0.4, -0.2) is 35.9 Å². The van der Waals surface area contributed by atoms with E-state index in [-0.39, 0.29) is 28.6 Å². The fourth-order valence-corrected chi connectivity index (χ4v) is 3.58. The highest BCUT2D eigenvalue weighted by atomic mass is 35.5. The van der Waals surface area contributed by atoms with Crippen molar-refractivity contribution in [2.45, 2.75) is 6.61 Å². The average molecular weight is 495 g/mol. The number of ether oxygens (including phenoxy) is 3. The van der Waals surface area contributed by atoms with Crippen LogP contribution in [0.15, 0.2) is 72.8 Å². The molecule has 7 nitrogen and oxygen atoms in total. The summed E-state index contributed by atoms with van der Waals surface area (Å²) in [6.07, 6.45) is 0. The van der Waals surface area contributed by atoms with Crippen molar-refractivity contribution in [3.8, 4) is 22.7 Å². The smallest absolute Gasteiger partial charge is 0.357 e. The van der Waals surface area contributed by atoms with E-state index in [1.165, 1.54) is 31.0 Å². The van der Waals surface area contributed by atoms with E-state index in [2.05, 4.69) is 5.10 Å². The number of aromatic nitrogens is 2. The summed E-state index contributed by atoms with van der Waals surface area (Å²) in [5.41, 5.74) is 1.91. The van der Waals surface area contributed by atoms with Gasteiger partial charge in [0.1, 0.15) is 29.4 Å². The predicted octanol–water partition coefficient (Wildman–Crippen LogP) is 5.48. The van der Waals surface area contributed by atoms with Crippen LogP contribution in [-0.2, 0) is 16.1 Å². The molecule has 0 N–H and O–H groups in total. The van der Waals surface area contributed by atoms with E-state index in [9.17, 15) is 14.0 Å². The number of esters is 2. The Labute approximate surface area is 205 Å². The molecule has 0 aliphatic heterocycles. The zero-order chi connectivity index (χ0) is 24.9. The van der Waals surface area contributed by atoms with Crippen LogP contribution in [0, 0.1) is 5.82 Å². The van der Waals surface area contributed by atoms with Crippen molar-refractivity contribution in [2.75, 3.05) is 14.2 Å². The van der Waals surface area contributed by atoms with Crippen LogP contribution in [0.2, 0.25) is 5.02 Å². The molecule has 1 aromatic heterocycles. The van der Waals surface area contributed by atoms with E-state index in [1.807, 2.05) is 6.07 Å². The molecule has 9 heteroatoms. The SMILES string of the molecule is COC(=O)c1c(-c2ccc(OCc3ccc(Cl)c(F)c3)cc2)nn(-c2ccccc2)c1C(=O)OC. The summed E-state index contributed by atoms with van der Waals surface area (Å²) in [5.74, 6) is -1.47. The van der Waals surface area contributed by atoms with Gasteiger partial charge in [0.25, 0.3) is 0 Å². The number of para-hydroxylation sites is 1. The van der Waals surface area contributed by atoms with Crippen molar-refractivity contribution in [1.29, 1.82) is 0 Å². The number of methoxy groups -OCH3 is 2. The average Bonchev–Trinajstić information content (AvgIpc) is 3.30. The number of rotatable bonds is 7. The molecule has 0 atom stereocenters. The normalized spacial score (nSPS) is 10.6. The van der Waals surface area contributed by atoms with E-state index < -0.39 is 17.8 Å². The van der Waals surface area contributed by atoms with Crippen molar-refractivity contribution < 1.29 is 28.2 Å². The highest BCUT2D eigenvalue weighted by molar-refractivity contribution is 6.30. The van der Waals surface area contributed by atoms with Gasteiger partial charge >= 0.3 is 11.9 Å². The topological polar surface area (TPSA) is 79.7 Å². The molecule has 0 fully saturated rings. The predicted molar refractivity (Wildman–Crippen MR) is 127 cm³/mol. The van der Waals surface area contributed by atoms with Gasteiger partial charge in [0.2, 0.25) is 0 Å². The quantitative estimate of drug-likeness (QED) is 0.316. The first-order chi connectivity index (χ1) is 16.9. The summed E-state index contributed by atoms with van der Waals surface area (Å²) < 4.78 is 30.6. The Hall–Kier alpha value is -4.17. The van der Waals surface area contributed by atoms with E-state index in [0.29, 0.717) is 22.6 Å². The molecular weight excluding hydrogens is 475 g/mol. The molecule has 0 bridgehead atoms. The Bertz CT molecular complexity index is 1370. The Morgan fingerprint density at radius 3 is 2.26 bits per heavy atom. The van der Waals surface area contributed by atoms with Gasteiger partial charge in [-0.05, 0) is 54.1 Å². The first kappa shape index (κ1) is 24.0. The van der Waals surface area contributed by atoms with Crippen molar-refractivity contribution in [2.24, 2.45) is 0 Å². The van der Waals surface area contributed by atoms with Crippen LogP contribution in [0.4, 0.5) is 4.39 Å². The summed E-state index contributed by atoms with van der Waals surface area (Å²) >= 11 is 5.71. The minimum atomic E-state index is -0.733. The monoisotopic (exact) mass is 494 g/mol. The molecule has 4 aromatic rings. The molecule has 0 amide bonds. The number of nitrogens with zero attached hydrogens (tertiary/aromatic N) is 2. The van der Waals surface area contributed by atoms with E-state index in [0.717, 1.165) is 0 Å². The Morgan fingerprint density at radius 1 is 0.943 bits per heavy atom. The Morgan fingerprint density at radius 2 is 1.63 bits per heavy atom. The van der Waals surface area contributed by atoms with Gasteiger partial charge in [-0.2, -0.15) is 5.10 Å². The van der Waals surface area contributed by atoms with Crippen molar-refractivity contribution >= 4 is 23.5 Å². The van der Waals surface area contributed by atoms with E-state index in [1.54, 1.807) is 54.6 Å². The van der Waals surface area contributed by atoms with Gasteiger partial charge < -0.3 is 14.2 Å². The number of hydrogen-bond acceptors (Lipinski definition) is 6. The number of hydrogen-bond donors (Lipinski definition) is 0. The molecule has 0 unspecified atom stereocenters. The second-order valence-electron chi connectivity index (χ2n) is 7.36. The lowest BCUT2D eigenvalue weighted by Gasteiger charge is -2.08. The van der Waals surface area contributed by atoms with Crippen LogP contribution in [0.3, 0.4) is 0 Å². The summed E-state index contributed by atoms with van der Waals surface area (Å²) in [4.78, 5) is 25.4. The van der Waals surface area contributed by atoms with Gasteiger partial charge in [-0.25, -0.2) is 18.7 Å². The minimum absolute atomic E-state index is 0.0199. The standard InChI is InChI=1S/C26H20ClFN2O5/c1-33-25(31)22-23(29-30(24(22)26(32)34-2)18-6-4-3-5-7-18)17-9-11-19(12-10-17)35-15-16-8-13-20(27)21(28)14-16/h3-14H,15H2,1-2H3. The van der Waals surface area contributed by atoms with Crippen LogP contribution in [0.5, 0.6) is 5.75 Å². The molecule has 178 valence electrons. The van der Waals surface area contributed by atoms with Crippen LogP contribution < -0.4 is 4.74 Å². The van der Waals surface area contributed by atoms with Gasteiger partial charge in [0.15, 0.2) is 5.69 Å². The second-order valence-corrected chi connectivity index (χ2v) is 7.77. The molecule has 3 aromatic carbocycles. The first-order valence-electron chi connectivity index (χ1n) is 10.4. The number of halogens is 2. The summed E-state index contributed by atoms with van der Waals surface area (Å²) in [6, 6.07) is 20.1. The highest BCUT2D eigenvalue weighted by Gasteiger charge is 2.31. The minimum Gasteiger partial charge on any atom is -0.489 e. The highest BCUT2D eigenvalue weighted by Crippen LogP contribution is 2.30. The van der Waals surface area contributed by atoms with Gasteiger partial charge in [-0.1, -0.05) is 35.9 Å². The summed E-state index contributed by atoms with van der Waals surface area (Å²) in [6.45, 7) is 0.135. The lowest BCUT2D eigenvalue weighted by atomic mass is 10.1. The van der Waals surface area contributed by atoms with Gasteiger partial charge in [-0.3, -0.25) is 0 Å². The molecule has 0 spiro atoms. The number of carbonyl (C=O) groups excluding carboxylic acids is 2. The molecule has 0 aliphatic rings.